The number of aryl methyl sites for hydroxylation is 1. The minimum atomic E-state index is 0.366. The third-order valence-electron chi connectivity index (χ3n) is 1.74. The van der Waals surface area contributed by atoms with Gasteiger partial charge in [-0.2, -0.15) is 0 Å². The van der Waals surface area contributed by atoms with Crippen LogP contribution in [0, 0.1) is 12.0 Å². The van der Waals surface area contributed by atoms with Gasteiger partial charge in [0.2, 0.25) is 0 Å². The Hall–Kier alpha value is -0.851. The van der Waals surface area contributed by atoms with Crippen molar-refractivity contribution in [2.45, 2.75) is 6.92 Å². The molecule has 59 valence electrons. The van der Waals surface area contributed by atoms with Crippen LogP contribution in [0.2, 0.25) is 0 Å². The summed E-state index contributed by atoms with van der Waals surface area (Å²) in [6.07, 6.45) is 0. The fraction of sp³-hybridized carbons (Fsp3) is 0.100. The molecule has 1 radical (unpaired) electrons. The van der Waals surface area contributed by atoms with Crippen molar-refractivity contribution in [1.29, 1.82) is 0 Å². The molecule has 1 heterocycles. The van der Waals surface area contributed by atoms with Crippen molar-refractivity contribution in [3.63, 3.8) is 0 Å². The van der Waals surface area contributed by atoms with Crippen molar-refractivity contribution < 1.29 is 0 Å². The van der Waals surface area contributed by atoms with E-state index in [1.54, 1.807) is 0 Å². The molecule has 1 nitrogen and oxygen atoms in total. The molecule has 0 aliphatic rings. The van der Waals surface area contributed by atoms with Crippen LogP contribution in [0.4, 0.5) is 0 Å². The summed E-state index contributed by atoms with van der Waals surface area (Å²) < 4.78 is 1.37. The van der Waals surface area contributed by atoms with E-state index in [0.717, 1.165) is 5.69 Å². The molecule has 0 atom stereocenters. The summed E-state index contributed by atoms with van der Waals surface area (Å²) in [5, 5.41) is 3.03. The summed E-state index contributed by atoms with van der Waals surface area (Å²) in [6, 6.07) is 10.3. The maximum atomic E-state index is 4.24. The quantitative estimate of drug-likeness (QED) is 0.670. The molecule has 0 aliphatic heterocycles. The van der Waals surface area contributed by atoms with Crippen LogP contribution in [-0.4, -0.2) is 19.5 Å². The van der Waals surface area contributed by atoms with Crippen LogP contribution in [0.5, 0.6) is 0 Å². The number of rotatable bonds is 1. The molecule has 0 N–H and O–H groups in total. The third kappa shape index (κ3) is 1.36. The van der Waals surface area contributed by atoms with Gasteiger partial charge in [-0.3, -0.25) is 0 Å². The van der Waals surface area contributed by atoms with E-state index < -0.39 is 0 Å². The molecule has 0 bridgehead atoms. The average Bonchev–Trinajstić information content (AvgIpc) is 2.53. The Morgan fingerprint density at radius 2 is 2.00 bits per heavy atom. The first kappa shape index (κ1) is 7.78. The van der Waals surface area contributed by atoms with Crippen LogP contribution in [0.25, 0.3) is 11.3 Å². The summed E-state index contributed by atoms with van der Waals surface area (Å²) in [5.41, 5.74) is 2.33. The molecule has 0 unspecified atom stereocenters. The second-order valence-electron chi connectivity index (χ2n) is 2.58. The monoisotopic (exact) mass is 222 g/mol. The van der Waals surface area contributed by atoms with E-state index in [-0.39, 0.29) is 0 Å². The predicted molar refractivity (Wildman–Crippen MR) is 50.2 cm³/mol. The van der Waals surface area contributed by atoms with E-state index in [4.69, 9.17) is 0 Å². The van der Waals surface area contributed by atoms with Crippen molar-refractivity contribution in [3.8, 4) is 11.3 Å². The predicted octanol–water partition coefficient (Wildman–Crippen LogP) is 1.91. The molecule has 1 aromatic carbocycles. The van der Waals surface area contributed by atoms with Gasteiger partial charge in [0.25, 0.3) is 0 Å². The van der Waals surface area contributed by atoms with Gasteiger partial charge in [-0.15, -0.1) is 0 Å². The van der Waals surface area contributed by atoms with Crippen LogP contribution in [-0.2, 0) is 0 Å². The number of hydrogen-bond acceptors (Lipinski definition) is 1. The molecule has 12 heavy (non-hydrogen) atoms. The van der Waals surface area contributed by atoms with Gasteiger partial charge in [0.1, 0.15) is 0 Å². The third-order valence-corrected chi connectivity index (χ3v) is 3.17. The van der Waals surface area contributed by atoms with Gasteiger partial charge in [0, 0.05) is 0 Å². The van der Waals surface area contributed by atoms with E-state index in [2.05, 4.69) is 29.1 Å². The van der Waals surface area contributed by atoms with E-state index in [1.807, 2.05) is 18.2 Å². The van der Waals surface area contributed by atoms with Gasteiger partial charge < -0.3 is 0 Å². The first-order valence-corrected chi connectivity index (χ1v) is 5.48. The SMILES string of the molecule is Cc1[se][c]nc1-c1ccccc1. The fourth-order valence-corrected chi connectivity index (χ4v) is 2.25. The molecule has 0 spiro atoms. The Kier molecular flexibility index (Phi) is 2.11. The zero-order valence-electron chi connectivity index (χ0n) is 6.74. The Bertz CT molecular complexity index is 364. The minimum absolute atomic E-state index is 0.366. The van der Waals surface area contributed by atoms with E-state index in [1.165, 1.54) is 10.0 Å². The number of benzene rings is 1. The molecular weight excluding hydrogens is 213 g/mol. The van der Waals surface area contributed by atoms with Gasteiger partial charge >= 0.3 is 77.5 Å². The Morgan fingerprint density at radius 3 is 2.58 bits per heavy atom. The second-order valence-corrected chi connectivity index (χ2v) is 4.67. The number of nitrogens with zero attached hydrogens (tertiary/aromatic N) is 1. The van der Waals surface area contributed by atoms with Crippen molar-refractivity contribution >= 4 is 14.5 Å². The molecule has 0 fully saturated rings. The second kappa shape index (κ2) is 3.26. The maximum absolute atomic E-state index is 4.24. The van der Waals surface area contributed by atoms with E-state index >= 15 is 0 Å². The standard InChI is InChI=1S/C10H8NSe/c1-8-10(11-7-12-8)9-5-3-2-4-6-9/h2-6H,1H3. The van der Waals surface area contributed by atoms with Crippen LogP contribution in [0.15, 0.2) is 30.3 Å². The Balaban J connectivity index is 2.51. The number of aromatic nitrogens is 1. The first-order valence-electron chi connectivity index (χ1n) is 3.77. The van der Waals surface area contributed by atoms with Crippen LogP contribution < -0.4 is 0 Å². The number of hydrogen-bond donors (Lipinski definition) is 0. The summed E-state index contributed by atoms with van der Waals surface area (Å²) in [4.78, 5) is 4.24. The van der Waals surface area contributed by atoms with Crippen LogP contribution >= 0.6 is 0 Å². The van der Waals surface area contributed by atoms with Gasteiger partial charge in [0.05, 0.1) is 0 Å². The van der Waals surface area contributed by atoms with Crippen molar-refractivity contribution in [2.75, 3.05) is 0 Å². The van der Waals surface area contributed by atoms with E-state index in [9.17, 15) is 0 Å². The fourth-order valence-electron chi connectivity index (χ4n) is 1.13. The molecule has 2 aromatic rings. The molecule has 0 saturated heterocycles. The summed E-state index contributed by atoms with van der Waals surface area (Å²) in [6.45, 7) is 2.13. The molecule has 0 aliphatic carbocycles. The Labute approximate surface area is 77.8 Å². The molecule has 2 rings (SSSR count). The van der Waals surface area contributed by atoms with Crippen molar-refractivity contribution in [3.05, 3.63) is 39.8 Å². The zero-order chi connectivity index (χ0) is 8.39. The summed E-state index contributed by atoms with van der Waals surface area (Å²) >= 11 is 0.366. The van der Waals surface area contributed by atoms with Gasteiger partial charge in [-0.05, 0) is 0 Å². The van der Waals surface area contributed by atoms with Gasteiger partial charge in [0.15, 0.2) is 0 Å². The van der Waals surface area contributed by atoms with Crippen LogP contribution in [0.1, 0.15) is 4.44 Å². The molecular formula is C10H8NSe. The van der Waals surface area contributed by atoms with Crippen LogP contribution in [0.3, 0.4) is 0 Å². The zero-order valence-corrected chi connectivity index (χ0v) is 8.46. The summed E-state index contributed by atoms with van der Waals surface area (Å²) in [7, 11) is 0. The molecule has 0 saturated carbocycles. The van der Waals surface area contributed by atoms with Gasteiger partial charge in [-0.1, -0.05) is 0 Å². The molecule has 2 heteroatoms. The molecule has 0 amide bonds. The van der Waals surface area contributed by atoms with E-state index in [0.29, 0.717) is 14.5 Å². The molecule has 1 aromatic heterocycles. The van der Waals surface area contributed by atoms with Gasteiger partial charge in [-0.25, -0.2) is 0 Å². The van der Waals surface area contributed by atoms with Crippen molar-refractivity contribution in [2.24, 2.45) is 0 Å². The topological polar surface area (TPSA) is 12.9 Å². The normalized spacial score (nSPS) is 10.1. The Morgan fingerprint density at radius 1 is 1.25 bits per heavy atom. The average molecular weight is 221 g/mol. The van der Waals surface area contributed by atoms with Crippen molar-refractivity contribution in [1.82, 2.24) is 4.98 Å². The first-order chi connectivity index (χ1) is 5.88. The summed E-state index contributed by atoms with van der Waals surface area (Å²) in [5.74, 6) is 0.